The Morgan fingerprint density at radius 2 is 2.24 bits per heavy atom. The van der Waals surface area contributed by atoms with E-state index >= 15 is 0 Å². The van der Waals surface area contributed by atoms with E-state index in [0.717, 1.165) is 24.5 Å². The molecule has 0 radical (unpaired) electrons. The Bertz CT molecular complexity index is 486. The van der Waals surface area contributed by atoms with Gasteiger partial charge in [0.1, 0.15) is 5.76 Å². The van der Waals surface area contributed by atoms with Gasteiger partial charge in [0, 0.05) is 26.2 Å². The van der Waals surface area contributed by atoms with Crippen molar-refractivity contribution in [3.05, 3.63) is 33.0 Å². The van der Waals surface area contributed by atoms with Crippen molar-refractivity contribution in [1.29, 1.82) is 0 Å². The number of aryl methyl sites for hydroxylation is 2. The second-order valence-electron chi connectivity index (χ2n) is 4.16. The lowest BCUT2D eigenvalue weighted by Gasteiger charge is -2.15. The van der Waals surface area contributed by atoms with Gasteiger partial charge in [-0.1, -0.05) is 5.16 Å². The predicted molar refractivity (Wildman–Crippen MR) is 72.3 cm³/mol. The Labute approximate surface area is 114 Å². The van der Waals surface area contributed by atoms with Gasteiger partial charge in [0.15, 0.2) is 0 Å². The zero-order valence-electron chi connectivity index (χ0n) is 10.1. The van der Waals surface area contributed by atoms with Gasteiger partial charge in [0.2, 0.25) is 0 Å². The van der Waals surface area contributed by atoms with E-state index in [-0.39, 0.29) is 0 Å². The summed E-state index contributed by atoms with van der Waals surface area (Å²) in [5, 5.41) is 8.22. The molecule has 0 unspecified atom stereocenters. The van der Waals surface area contributed by atoms with Crippen LogP contribution >= 0.6 is 22.6 Å². The minimum absolute atomic E-state index is 0.776. The van der Waals surface area contributed by atoms with Crippen LogP contribution in [0.15, 0.2) is 16.8 Å². The molecular formula is C11H15IN4O. The first-order chi connectivity index (χ1) is 8.06. The van der Waals surface area contributed by atoms with Crippen molar-refractivity contribution in [2.45, 2.75) is 20.0 Å². The third kappa shape index (κ3) is 3.06. The number of nitrogens with zero attached hydrogens (tertiary/aromatic N) is 4. The summed E-state index contributed by atoms with van der Waals surface area (Å²) in [4.78, 5) is 2.19. The molecule has 2 aromatic rings. The molecule has 2 heterocycles. The first kappa shape index (κ1) is 12.6. The van der Waals surface area contributed by atoms with Crippen molar-refractivity contribution in [1.82, 2.24) is 19.8 Å². The number of halogens is 1. The van der Waals surface area contributed by atoms with E-state index in [0.29, 0.717) is 0 Å². The van der Waals surface area contributed by atoms with Gasteiger partial charge in [0.05, 0.1) is 21.2 Å². The van der Waals surface area contributed by atoms with Crippen molar-refractivity contribution >= 4 is 22.6 Å². The Morgan fingerprint density at radius 3 is 2.76 bits per heavy atom. The maximum atomic E-state index is 5.05. The molecule has 0 atom stereocenters. The van der Waals surface area contributed by atoms with Crippen LogP contribution in [0.2, 0.25) is 0 Å². The van der Waals surface area contributed by atoms with Gasteiger partial charge in [-0.2, -0.15) is 5.10 Å². The number of hydrogen-bond donors (Lipinski definition) is 0. The quantitative estimate of drug-likeness (QED) is 0.794. The van der Waals surface area contributed by atoms with Crippen LogP contribution in [-0.2, 0) is 20.1 Å². The number of rotatable bonds is 4. The van der Waals surface area contributed by atoms with E-state index in [2.05, 4.69) is 44.8 Å². The van der Waals surface area contributed by atoms with Crippen molar-refractivity contribution in [2.75, 3.05) is 7.05 Å². The van der Waals surface area contributed by atoms with Crippen LogP contribution in [0.3, 0.4) is 0 Å². The van der Waals surface area contributed by atoms with Gasteiger partial charge in [-0.25, -0.2) is 0 Å². The lowest BCUT2D eigenvalue weighted by atomic mass is 10.3. The molecule has 0 aliphatic carbocycles. The largest absolute Gasteiger partial charge is 0.361 e. The average molecular weight is 346 g/mol. The standard InChI is InChI=1S/C11H15IN4O/c1-8-4-9(14-17-8)6-15(2)7-11-10(12)5-13-16(11)3/h4-5H,6-7H2,1-3H3. The third-order valence-corrected chi connectivity index (χ3v) is 3.44. The fourth-order valence-electron chi connectivity index (χ4n) is 1.69. The van der Waals surface area contributed by atoms with Gasteiger partial charge in [-0.15, -0.1) is 0 Å². The van der Waals surface area contributed by atoms with E-state index in [1.807, 2.05) is 30.9 Å². The third-order valence-electron chi connectivity index (χ3n) is 2.54. The first-order valence-corrected chi connectivity index (χ1v) is 6.41. The monoisotopic (exact) mass is 346 g/mol. The Kier molecular flexibility index (Phi) is 3.82. The summed E-state index contributed by atoms with van der Waals surface area (Å²) in [6.45, 7) is 3.53. The molecule has 0 aliphatic rings. The molecule has 0 aliphatic heterocycles. The van der Waals surface area contributed by atoms with Crippen LogP contribution in [0.5, 0.6) is 0 Å². The van der Waals surface area contributed by atoms with E-state index in [1.54, 1.807) is 0 Å². The SMILES string of the molecule is Cc1cc(CN(C)Cc2c(I)cnn2C)no1. The second kappa shape index (κ2) is 5.18. The van der Waals surface area contributed by atoms with Crippen LogP contribution in [0.4, 0.5) is 0 Å². The van der Waals surface area contributed by atoms with Gasteiger partial charge >= 0.3 is 0 Å². The van der Waals surface area contributed by atoms with E-state index in [1.165, 1.54) is 9.26 Å². The van der Waals surface area contributed by atoms with E-state index < -0.39 is 0 Å². The molecule has 2 aromatic heterocycles. The number of hydrogen-bond acceptors (Lipinski definition) is 4. The zero-order chi connectivity index (χ0) is 12.4. The van der Waals surface area contributed by atoms with Crippen LogP contribution < -0.4 is 0 Å². The second-order valence-corrected chi connectivity index (χ2v) is 5.33. The molecule has 0 spiro atoms. The lowest BCUT2D eigenvalue weighted by molar-refractivity contribution is 0.294. The van der Waals surface area contributed by atoms with Crippen LogP contribution in [-0.4, -0.2) is 26.9 Å². The normalized spacial score (nSPS) is 11.4. The minimum Gasteiger partial charge on any atom is -0.361 e. The highest BCUT2D eigenvalue weighted by Gasteiger charge is 2.10. The summed E-state index contributed by atoms with van der Waals surface area (Å²) in [6.07, 6.45) is 1.88. The van der Waals surface area contributed by atoms with Crippen LogP contribution in [0.25, 0.3) is 0 Å². The summed E-state index contributed by atoms with van der Waals surface area (Å²) < 4.78 is 8.15. The first-order valence-electron chi connectivity index (χ1n) is 5.33. The summed E-state index contributed by atoms with van der Waals surface area (Å²) in [7, 11) is 4.03. The molecule has 0 bridgehead atoms. The molecule has 0 N–H and O–H groups in total. The van der Waals surface area contributed by atoms with Crippen molar-refractivity contribution < 1.29 is 4.52 Å². The van der Waals surface area contributed by atoms with Crippen molar-refractivity contribution in [3.8, 4) is 0 Å². The van der Waals surface area contributed by atoms with E-state index in [9.17, 15) is 0 Å². The highest BCUT2D eigenvalue weighted by Crippen LogP contribution is 2.13. The molecule has 5 nitrogen and oxygen atoms in total. The van der Waals surface area contributed by atoms with Gasteiger partial charge in [-0.05, 0) is 36.6 Å². The van der Waals surface area contributed by atoms with Gasteiger partial charge in [0.25, 0.3) is 0 Å². The fourth-order valence-corrected chi connectivity index (χ4v) is 2.34. The van der Waals surface area contributed by atoms with E-state index in [4.69, 9.17) is 4.52 Å². The summed E-state index contributed by atoms with van der Waals surface area (Å²) in [5.74, 6) is 0.850. The summed E-state index contributed by atoms with van der Waals surface area (Å²) in [6, 6.07) is 1.96. The topological polar surface area (TPSA) is 47.1 Å². The summed E-state index contributed by atoms with van der Waals surface area (Å²) >= 11 is 2.31. The lowest BCUT2D eigenvalue weighted by Crippen LogP contribution is -2.19. The molecular weight excluding hydrogens is 331 g/mol. The van der Waals surface area contributed by atoms with Crippen LogP contribution in [0, 0.1) is 10.5 Å². The van der Waals surface area contributed by atoms with Gasteiger partial charge in [-0.3, -0.25) is 9.58 Å². The van der Waals surface area contributed by atoms with Gasteiger partial charge < -0.3 is 4.52 Å². The molecule has 92 valence electrons. The molecule has 0 fully saturated rings. The Balaban J connectivity index is 2.00. The average Bonchev–Trinajstić information content (AvgIpc) is 2.79. The fraction of sp³-hybridized carbons (Fsp3) is 0.455. The molecule has 2 rings (SSSR count). The molecule has 17 heavy (non-hydrogen) atoms. The highest BCUT2D eigenvalue weighted by molar-refractivity contribution is 14.1. The van der Waals surface area contributed by atoms with Crippen molar-refractivity contribution in [2.24, 2.45) is 7.05 Å². The maximum absolute atomic E-state index is 5.05. The Morgan fingerprint density at radius 1 is 1.47 bits per heavy atom. The summed E-state index contributed by atoms with van der Waals surface area (Å²) in [5.41, 5.74) is 2.18. The minimum atomic E-state index is 0.776. The molecule has 0 saturated carbocycles. The zero-order valence-corrected chi connectivity index (χ0v) is 12.3. The molecule has 6 heteroatoms. The molecule has 0 amide bonds. The van der Waals surface area contributed by atoms with Crippen molar-refractivity contribution in [3.63, 3.8) is 0 Å². The smallest absolute Gasteiger partial charge is 0.133 e. The van der Waals surface area contributed by atoms with Crippen LogP contribution in [0.1, 0.15) is 17.1 Å². The Hall–Kier alpha value is -0.890. The predicted octanol–water partition coefficient (Wildman–Crippen LogP) is 1.95. The maximum Gasteiger partial charge on any atom is 0.133 e. The number of aromatic nitrogens is 3. The molecule has 0 saturated heterocycles. The highest BCUT2D eigenvalue weighted by atomic mass is 127. The molecule has 0 aromatic carbocycles.